The summed E-state index contributed by atoms with van der Waals surface area (Å²) in [5, 5.41) is 0. The topological polar surface area (TPSA) is 78.9 Å². The molecule has 0 aromatic rings. The third kappa shape index (κ3) is 69.2. The number of esters is 3. The van der Waals surface area contributed by atoms with Gasteiger partial charge in [-0.15, -0.1) is 0 Å². The first-order chi connectivity index (χ1) is 40.5. The largest absolute Gasteiger partial charge is 0.465 e. The van der Waals surface area contributed by atoms with E-state index in [0.29, 0.717) is 19.3 Å². The molecule has 0 rings (SSSR count). The zero-order valence-corrected chi connectivity index (χ0v) is 56.3. The molecule has 0 spiro atoms. The minimum absolute atomic E-state index is 0.108. The van der Waals surface area contributed by atoms with Gasteiger partial charge in [-0.3, -0.25) is 14.4 Å². The Balaban J connectivity index is 4.26. The third-order valence-corrected chi connectivity index (χ3v) is 17.9. The molecule has 0 radical (unpaired) electrons. The Bertz CT molecular complexity index is 1090. The second-order valence-electron chi connectivity index (χ2n) is 26.4. The van der Waals surface area contributed by atoms with E-state index in [1.54, 1.807) is 0 Å². The molecule has 6 heteroatoms. The summed E-state index contributed by atoms with van der Waals surface area (Å²) in [6.45, 7) is 7.21. The number of unbranched alkanes of at least 4 members (excludes halogenated alkanes) is 60. The van der Waals surface area contributed by atoms with Crippen LogP contribution in [-0.4, -0.2) is 37.7 Å². The van der Waals surface area contributed by atoms with Crippen LogP contribution < -0.4 is 0 Å². The zero-order chi connectivity index (χ0) is 59.2. The second kappa shape index (κ2) is 71.9. The van der Waals surface area contributed by atoms with Crippen LogP contribution in [0.4, 0.5) is 0 Å². The molecule has 0 aliphatic rings. The SMILES string of the molecule is CCCCCCCCCCCCCCCCCCCCCCCC(=O)OCC(COC(=O)CCCCCCCCCCCCCCCCCCCCCCC)COC(=O)CCCCCCCCCCCCCCCCCCCCCCC. The fourth-order valence-electron chi connectivity index (χ4n) is 12.1. The van der Waals surface area contributed by atoms with Crippen LogP contribution in [0.25, 0.3) is 0 Å². The molecule has 0 bridgehead atoms. The average molecular weight is 1160 g/mol. The number of hydrogen-bond donors (Lipinski definition) is 0. The summed E-state index contributed by atoms with van der Waals surface area (Å²) in [5.74, 6) is -0.977. The van der Waals surface area contributed by atoms with Crippen LogP contribution in [0, 0.1) is 5.92 Å². The summed E-state index contributed by atoms with van der Waals surface area (Å²) < 4.78 is 17.1. The van der Waals surface area contributed by atoms with Gasteiger partial charge in [0.2, 0.25) is 0 Å². The molecule has 0 saturated heterocycles. The van der Waals surface area contributed by atoms with Crippen molar-refractivity contribution < 1.29 is 28.6 Å². The first kappa shape index (κ1) is 80.4. The molecule has 0 aliphatic carbocycles. The highest BCUT2D eigenvalue weighted by atomic mass is 16.6. The third-order valence-electron chi connectivity index (χ3n) is 17.9. The van der Waals surface area contributed by atoms with Crippen molar-refractivity contribution >= 4 is 17.9 Å². The predicted octanol–water partition coefficient (Wildman–Crippen LogP) is 26.0. The van der Waals surface area contributed by atoms with E-state index >= 15 is 0 Å². The first-order valence-corrected chi connectivity index (χ1v) is 38.0. The van der Waals surface area contributed by atoms with Gasteiger partial charge in [0.05, 0.1) is 5.92 Å². The van der Waals surface area contributed by atoms with Gasteiger partial charge in [0.15, 0.2) is 0 Å². The van der Waals surface area contributed by atoms with E-state index in [1.807, 2.05) is 0 Å². The average Bonchev–Trinajstić information content (AvgIpc) is 3.48. The van der Waals surface area contributed by atoms with Crippen molar-refractivity contribution in [2.45, 2.75) is 445 Å². The van der Waals surface area contributed by atoms with Crippen LogP contribution in [0.3, 0.4) is 0 Å². The van der Waals surface area contributed by atoms with Crippen LogP contribution in [0.2, 0.25) is 0 Å². The van der Waals surface area contributed by atoms with E-state index in [-0.39, 0.29) is 43.6 Å². The van der Waals surface area contributed by atoms with E-state index in [1.165, 1.54) is 366 Å². The molecule has 0 N–H and O–H groups in total. The maximum atomic E-state index is 12.8. The summed E-state index contributed by atoms with van der Waals surface area (Å²) in [5.41, 5.74) is 0. The highest BCUT2D eigenvalue weighted by Crippen LogP contribution is 2.20. The van der Waals surface area contributed by atoms with Crippen molar-refractivity contribution in [3.05, 3.63) is 0 Å². The van der Waals surface area contributed by atoms with Crippen LogP contribution in [0.1, 0.15) is 445 Å². The molecule has 6 nitrogen and oxygen atoms in total. The lowest BCUT2D eigenvalue weighted by atomic mass is 10.0. The minimum Gasteiger partial charge on any atom is -0.465 e. The number of carbonyl (C=O) groups excluding carboxylic acids is 3. The summed E-state index contributed by atoms with van der Waals surface area (Å²) in [7, 11) is 0. The van der Waals surface area contributed by atoms with E-state index in [4.69, 9.17) is 14.2 Å². The molecular weight excluding hydrogens is 1010 g/mol. The second-order valence-corrected chi connectivity index (χ2v) is 26.4. The monoisotopic (exact) mass is 1160 g/mol. The fourth-order valence-corrected chi connectivity index (χ4v) is 12.1. The molecule has 0 fully saturated rings. The summed E-state index contributed by atoms with van der Waals surface area (Å²) in [6.07, 6.45) is 85.6. The molecule has 82 heavy (non-hydrogen) atoms. The van der Waals surface area contributed by atoms with Crippen molar-refractivity contribution in [3.63, 3.8) is 0 Å². The van der Waals surface area contributed by atoms with Gasteiger partial charge in [0, 0.05) is 19.3 Å². The quantitative estimate of drug-likeness (QED) is 0.0343. The van der Waals surface area contributed by atoms with E-state index in [9.17, 15) is 14.4 Å². The lowest BCUT2D eigenvalue weighted by molar-refractivity contribution is -0.153. The summed E-state index contributed by atoms with van der Waals surface area (Å²) >= 11 is 0. The lowest BCUT2D eigenvalue weighted by Gasteiger charge is -2.17. The molecule has 0 aliphatic heterocycles. The Morgan fingerprint density at radius 1 is 0.183 bits per heavy atom. The van der Waals surface area contributed by atoms with Crippen LogP contribution in [0.5, 0.6) is 0 Å². The highest BCUT2D eigenvalue weighted by Gasteiger charge is 2.18. The Morgan fingerprint density at radius 2 is 0.293 bits per heavy atom. The van der Waals surface area contributed by atoms with Gasteiger partial charge < -0.3 is 14.2 Å². The van der Waals surface area contributed by atoms with Crippen molar-refractivity contribution in [2.75, 3.05) is 19.8 Å². The standard InChI is InChI=1S/C76H148O6/c1-4-7-10-13-16-19-22-25-28-31-34-37-40-43-46-49-52-55-58-61-64-67-74(77)80-70-73(71-81-75(78)68-65-62-59-56-53-50-47-44-41-38-35-32-29-26-23-20-17-14-11-8-5-2)72-82-76(79)69-66-63-60-57-54-51-48-45-42-39-36-33-30-27-24-21-18-15-12-9-6-3/h73H,4-72H2,1-3H3. The maximum Gasteiger partial charge on any atom is 0.305 e. The molecule has 0 amide bonds. The van der Waals surface area contributed by atoms with Gasteiger partial charge in [0.1, 0.15) is 19.8 Å². The Hall–Kier alpha value is -1.59. The molecule has 0 heterocycles. The number of hydrogen-bond acceptors (Lipinski definition) is 6. The van der Waals surface area contributed by atoms with Gasteiger partial charge in [-0.2, -0.15) is 0 Å². The summed E-state index contributed by atoms with van der Waals surface area (Å²) in [4.78, 5) is 38.4. The molecule has 0 saturated carbocycles. The van der Waals surface area contributed by atoms with Crippen molar-refractivity contribution in [1.29, 1.82) is 0 Å². The molecule has 0 aromatic carbocycles. The Labute approximate surface area is 514 Å². The first-order valence-electron chi connectivity index (χ1n) is 38.0. The van der Waals surface area contributed by atoms with Gasteiger partial charge in [-0.25, -0.2) is 0 Å². The smallest absolute Gasteiger partial charge is 0.305 e. The zero-order valence-electron chi connectivity index (χ0n) is 56.3. The molecule has 0 aromatic heterocycles. The van der Waals surface area contributed by atoms with Crippen LogP contribution in [0.15, 0.2) is 0 Å². The molecular formula is C76H148O6. The van der Waals surface area contributed by atoms with Crippen LogP contribution >= 0.6 is 0 Å². The normalized spacial score (nSPS) is 11.6. The Morgan fingerprint density at radius 3 is 0.415 bits per heavy atom. The lowest BCUT2D eigenvalue weighted by Crippen LogP contribution is -2.26. The van der Waals surface area contributed by atoms with Gasteiger partial charge in [0.25, 0.3) is 0 Å². The van der Waals surface area contributed by atoms with Gasteiger partial charge in [-0.1, -0.05) is 406 Å². The van der Waals surface area contributed by atoms with E-state index in [2.05, 4.69) is 20.8 Å². The predicted molar refractivity (Wildman–Crippen MR) is 358 cm³/mol. The van der Waals surface area contributed by atoms with Gasteiger partial charge >= 0.3 is 17.9 Å². The minimum atomic E-state index is -0.351. The molecule has 0 atom stereocenters. The Kier molecular flexibility index (Phi) is 70.5. The van der Waals surface area contributed by atoms with Gasteiger partial charge in [-0.05, 0) is 19.3 Å². The molecule has 488 valence electrons. The fraction of sp³-hybridized carbons (Fsp3) is 0.961. The number of carbonyl (C=O) groups is 3. The van der Waals surface area contributed by atoms with E-state index < -0.39 is 0 Å². The number of ether oxygens (including phenoxy) is 3. The van der Waals surface area contributed by atoms with Crippen molar-refractivity contribution in [3.8, 4) is 0 Å². The summed E-state index contributed by atoms with van der Waals surface area (Å²) in [6, 6.07) is 0. The highest BCUT2D eigenvalue weighted by molar-refractivity contribution is 5.70. The van der Waals surface area contributed by atoms with Crippen LogP contribution in [-0.2, 0) is 28.6 Å². The number of rotatable bonds is 72. The van der Waals surface area contributed by atoms with Crippen molar-refractivity contribution in [2.24, 2.45) is 5.92 Å². The maximum absolute atomic E-state index is 12.8. The van der Waals surface area contributed by atoms with E-state index in [0.717, 1.165) is 38.5 Å². The van der Waals surface area contributed by atoms with Crippen molar-refractivity contribution in [1.82, 2.24) is 0 Å². The molecule has 0 unspecified atom stereocenters.